The van der Waals surface area contributed by atoms with Crippen molar-refractivity contribution in [1.82, 2.24) is 10.6 Å². The number of nitrogens with one attached hydrogen (secondary N) is 2. The minimum absolute atomic E-state index is 0.0109. The van der Waals surface area contributed by atoms with E-state index in [1.54, 1.807) is 0 Å². The molecule has 0 bridgehead atoms. The molecule has 0 unspecified atom stereocenters. The smallest absolute Gasteiger partial charge is 0.239 e. The highest BCUT2D eigenvalue weighted by Crippen LogP contribution is 2.17. The topological polar surface area (TPSA) is 58.2 Å². The van der Waals surface area contributed by atoms with Gasteiger partial charge in [0.25, 0.3) is 0 Å². The first-order valence-electron chi connectivity index (χ1n) is 5.81. The maximum absolute atomic E-state index is 11.7. The van der Waals surface area contributed by atoms with E-state index in [1.165, 1.54) is 0 Å². The second kappa shape index (κ2) is 6.30. The molecule has 0 saturated carbocycles. The molecule has 0 spiro atoms. The van der Waals surface area contributed by atoms with Crippen molar-refractivity contribution in [2.24, 2.45) is 5.92 Å². The van der Waals surface area contributed by atoms with Crippen LogP contribution in [0.1, 0.15) is 33.1 Å². The van der Waals surface area contributed by atoms with E-state index in [0.29, 0.717) is 0 Å². The number of allylic oxidation sites excluding steroid dienone is 2. The highest BCUT2D eigenvalue weighted by molar-refractivity contribution is 5.86. The van der Waals surface area contributed by atoms with Crippen LogP contribution in [0.25, 0.3) is 0 Å². The van der Waals surface area contributed by atoms with Crippen LogP contribution in [0.15, 0.2) is 12.2 Å². The number of carbonyl (C=O) groups excluding carboxylic acids is 2. The Labute approximate surface area is 96.5 Å². The van der Waals surface area contributed by atoms with Crippen LogP contribution >= 0.6 is 0 Å². The Bertz CT molecular complexity index is 285. The lowest BCUT2D eigenvalue weighted by Gasteiger charge is -2.17. The first-order valence-corrected chi connectivity index (χ1v) is 5.81. The summed E-state index contributed by atoms with van der Waals surface area (Å²) in [7, 11) is 0. The number of carbonyl (C=O) groups is 2. The molecular weight excluding hydrogens is 204 g/mol. The van der Waals surface area contributed by atoms with Crippen molar-refractivity contribution in [3.8, 4) is 0 Å². The fourth-order valence-corrected chi connectivity index (χ4v) is 1.72. The van der Waals surface area contributed by atoms with E-state index >= 15 is 0 Å². The summed E-state index contributed by atoms with van der Waals surface area (Å²) in [6.45, 7) is 3.87. The Hall–Kier alpha value is -1.32. The fourth-order valence-electron chi connectivity index (χ4n) is 1.72. The lowest BCUT2D eigenvalue weighted by atomic mass is 9.94. The molecule has 1 aliphatic carbocycles. The Morgan fingerprint density at radius 1 is 1.38 bits per heavy atom. The van der Waals surface area contributed by atoms with Gasteiger partial charge < -0.3 is 10.6 Å². The molecule has 2 amide bonds. The van der Waals surface area contributed by atoms with Crippen molar-refractivity contribution in [3.05, 3.63) is 12.2 Å². The van der Waals surface area contributed by atoms with Gasteiger partial charge in [0.2, 0.25) is 11.8 Å². The van der Waals surface area contributed by atoms with Gasteiger partial charge in [-0.1, -0.05) is 12.2 Å². The summed E-state index contributed by atoms with van der Waals surface area (Å²) < 4.78 is 0. The molecule has 1 atom stereocenters. The Morgan fingerprint density at radius 3 is 2.69 bits per heavy atom. The quantitative estimate of drug-likeness (QED) is 0.699. The summed E-state index contributed by atoms with van der Waals surface area (Å²) in [5.74, 6) is -0.102. The molecule has 0 aromatic heterocycles. The average molecular weight is 224 g/mol. The fraction of sp³-hybridized carbons (Fsp3) is 0.667. The molecule has 4 heteroatoms. The van der Waals surface area contributed by atoms with Crippen molar-refractivity contribution in [2.45, 2.75) is 39.2 Å². The standard InChI is InChI=1S/C12H20N2O2/c1-9(2)14-11(15)8-13-12(16)10-6-4-3-5-7-10/h3-4,9-10H,5-8H2,1-2H3,(H,13,16)(H,14,15)/t10-/m0/s1. The van der Waals surface area contributed by atoms with E-state index in [-0.39, 0.29) is 30.3 Å². The van der Waals surface area contributed by atoms with Gasteiger partial charge >= 0.3 is 0 Å². The molecule has 0 aromatic rings. The van der Waals surface area contributed by atoms with Crippen molar-refractivity contribution in [1.29, 1.82) is 0 Å². The summed E-state index contributed by atoms with van der Waals surface area (Å²) in [5.41, 5.74) is 0. The van der Waals surface area contributed by atoms with Gasteiger partial charge in [-0.25, -0.2) is 0 Å². The molecule has 0 aliphatic heterocycles. The van der Waals surface area contributed by atoms with Crippen molar-refractivity contribution < 1.29 is 9.59 Å². The van der Waals surface area contributed by atoms with Crippen LogP contribution in [0.5, 0.6) is 0 Å². The third-order valence-corrected chi connectivity index (χ3v) is 2.51. The number of hydrogen-bond donors (Lipinski definition) is 2. The number of rotatable bonds is 4. The predicted octanol–water partition coefficient (Wildman–Crippen LogP) is 0.983. The normalized spacial score (nSPS) is 19.6. The maximum Gasteiger partial charge on any atom is 0.239 e. The van der Waals surface area contributed by atoms with Gasteiger partial charge in [-0.15, -0.1) is 0 Å². The highest BCUT2D eigenvalue weighted by atomic mass is 16.2. The molecule has 0 aromatic carbocycles. The zero-order valence-electron chi connectivity index (χ0n) is 9.95. The molecule has 0 saturated heterocycles. The van der Waals surface area contributed by atoms with Crippen molar-refractivity contribution >= 4 is 11.8 Å². The molecule has 1 aliphatic rings. The van der Waals surface area contributed by atoms with E-state index in [1.807, 2.05) is 19.9 Å². The first kappa shape index (κ1) is 12.7. The van der Waals surface area contributed by atoms with Crippen LogP contribution in [0, 0.1) is 5.92 Å². The van der Waals surface area contributed by atoms with Gasteiger partial charge in [-0.05, 0) is 33.1 Å². The molecule has 16 heavy (non-hydrogen) atoms. The molecule has 4 nitrogen and oxygen atoms in total. The largest absolute Gasteiger partial charge is 0.352 e. The second-order valence-electron chi connectivity index (χ2n) is 4.42. The number of hydrogen-bond acceptors (Lipinski definition) is 2. The van der Waals surface area contributed by atoms with Crippen molar-refractivity contribution in [3.63, 3.8) is 0 Å². The lowest BCUT2D eigenvalue weighted by Crippen LogP contribution is -2.41. The third-order valence-electron chi connectivity index (χ3n) is 2.51. The van der Waals surface area contributed by atoms with E-state index < -0.39 is 0 Å². The van der Waals surface area contributed by atoms with Crippen LogP contribution < -0.4 is 10.6 Å². The van der Waals surface area contributed by atoms with Gasteiger partial charge in [0.15, 0.2) is 0 Å². The highest BCUT2D eigenvalue weighted by Gasteiger charge is 2.18. The van der Waals surface area contributed by atoms with Gasteiger partial charge in [-0.3, -0.25) is 9.59 Å². The van der Waals surface area contributed by atoms with Gasteiger partial charge in [-0.2, -0.15) is 0 Å². The monoisotopic (exact) mass is 224 g/mol. The van der Waals surface area contributed by atoms with Crippen LogP contribution in [0.4, 0.5) is 0 Å². The molecule has 0 fully saturated rings. The van der Waals surface area contributed by atoms with E-state index in [9.17, 15) is 9.59 Å². The van der Waals surface area contributed by atoms with Crippen LogP contribution in [0.3, 0.4) is 0 Å². The minimum Gasteiger partial charge on any atom is -0.352 e. The first-order chi connectivity index (χ1) is 7.59. The van der Waals surface area contributed by atoms with Gasteiger partial charge in [0, 0.05) is 12.0 Å². The van der Waals surface area contributed by atoms with E-state index in [0.717, 1.165) is 19.3 Å². The predicted molar refractivity (Wildman–Crippen MR) is 62.8 cm³/mol. The SMILES string of the molecule is CC(C)NC(=O)CNC(=O)[C@H]1CC=CCC1. The molecule has 0 heterocycles. The van der Waals surface area contributed by atoms with Crippen LogP contribution in [-0.4, -0.2) is 24.4 Å². The Morgan fingerprint density at radius 2 is 2.12 bits per heavy atom. The van der Waals surface area contributed by atoms with Gasteiger partial charge in [0.1, 0.15) is 0 Å². The summed E-state index contributed by atoms with van der Waals surface area (Å²) in [6, 6.07) is 0.113. The minimum atomic E-state index is -0.130. The lowest BCUT2D eigenvalue weighted by molar-refractivity contribution is -0.128. The summed E-state index contributed by atoms with van der Waals surface area (Å²) in [6.07, 6.45) is 6.75. The van der Waals surface area contributed by atoms with Crippen molar-refractivity contribution in [2.75, 3.05) is 6.54 Å². The molecule has 2 N–H and O–H groups in total. The summed E-state index contributed by atoms with van der Waals surface area (Å²) >= 11 is 0. The van der Waals surface area contributed by atoms with Crippen LogP contribution in [-0.2, 0) is 9.59 Å². The summed E-state index contributed by atoms with van der Waals surface area (Å²) in [4.78, 5) is 23.0. The maximum atomic E-state index is 11.7. The zero-order valence-corrected chi connectivity index (χ0v) is 9.95. The molecular formula is C12H20N2O2. The third kappa shape index (κ3) is 4.47. The molecule has 0 radical (unpaired) electrons. The summed E-state index contributed by atoms with van der Waals surface area (Å²) in [5, 5.41) is 5.41. The Balaban J connectivity index is 2.24. The average Bonchev–Trinajstić information content (AvgIpc) is 2.26. The molecule has 1 rings (SSSR count). The molecule has 90 valence electrons. The Kier molecular flexibility index (Phi) is 5.02. The van der Waals surface area contributed by atoms with E-state index in [2.05, 4.69) is 16.7 Å². The zero-order chi connectivity index (χ0) is 12.0. The van der Waals surface area contributed by atoms with Gasteiger partial charge in [0.05, 0.1) is 6.54 Å². The number of amides is 2. The van der Waals surface area contributed by atoms with Crippen LogP contribution in [0.2, 0.25) is 0 Å². The second-order valence-corrected chi connectivity index (χ2v) is 4.42. The van der Waals surface area contributed by atoms with E-state index in [4.69, 9.17) is 0 Å².